The Hall–Kier alpha value is -2.32. The van der Waals surface area contributed by atoms with Crippen LogP contribution >= 0.6 is 0 Å². The molecule has 2 aromatic rings. The number of carbonyl (C=O) groups excluding carboxylic acids is 1. The zero-order valence-corrected chi connectivity index (χ0v) is 16.9. The van der Waals surface area contributed by atoms with Crippen LogP contribution in [0.2, 0.25) is 0 Å². The highest BCUT2D eigenvalue weighted by atomic mass is 16.5. The first-order valence-corrected chi connectivity index (χ1v) is 10.8. The lowest BCUT2D eigenvalue weighted by atomic mass is 10.2. The summed E-state index contributed by atoms with van der Waals surface area (Å²) in [4.78, 5) is 18.5. The molecule has 8 nitrogen and oxygen atoms in total. The Kier molecular flexibility index (Phi) is 6.84. The minimum absolute atomic E-state index is 0.186. The molecule has 1 amide bonds. The minimum Gasteiger partial charge on any atom is -0.368 e. The summed E-state index contributed by atoms with van der Waals surface area (Å²) < 4.78 is 5.53. The van der Waals surface area contributed by atoms with E-state index >= 15 is 0 Å². The van der Waals surface area contributed by atoms with Crippen LogP contribution in [0.15, 0.2) is 30.3 Å². The molecule has 0 bridgehead atoms. The third kappa shape index (κ3) is 5.39. The van der Waals surface area contributed by atoms with Gasteiger partial charge in [-0.25, -0.2) is 0 Å². The highest BCUT2D eigenvalue weighted by molar-refractivity contribution is 5.81. The van der Waals surface area contributed by atoms with Gasteiger partial charge in [0.15, 0.2) is 0 Å². The number of piperazine rings is 1. The van der Waals surface area contributed by atoms with Gasteiger partial charge in [0, 0.05) is 38.3 Å². The van der Waals surface area contributed by atoms with Crippen molar-refractivity contribution in [1.29, 1.82) is 0 Å². The molecule has 1 aromatic carbocycles. The van der Waals surface area contributed by atoms with Gasteiger partial charge in [0.1, 0.15) is 6.10 Å². The zero-order chi connectivity index (χ0) is 19.9. The van der Waals surface area contributed by atoms with Gasteiger partial charge in [0.2, 0.25) is 5.82 Å². The number of aromatic nitrogens is 4. The van der Waals surface area contributed by atoms with Crippen molar-refractivity contribution in [2.45, 2.75) is 44.8 Å². The summed E-state index contributed by atoms with van der Waals surface area (Å²) in [6.07, 6.45) is 5.04. The van der Waals surface area contributed by atoms with Crippen molar-refractivity contribution in [3.05, 3.63) is 30.3 Å². The molecule has 2 aliphatic rings. The van der Waals surface area contributed by atoms with E-state index in [9.17, 15) is 4.79 Å². The maximum absolute atomic E-state index is 12.4. The van der Waals surface area contributed by atoms with Gasteiger partial charge in [-0.05, 0) is 37.4 Å². The fourth-order valence-electron chi connectivity index (χ4n) is 3.97. The maximum Gasteiger partial charge on any atom is 0.251 e. The molecule has 0 spiro atoms. The second-order valence-electron chi connectivity index (χ2n) is 7.80. The van der Waals surface area contributed by atoms with Crippen molar-refractivity contribution in [2.75, 3.05) is 39.3 Å². The number of benzene rings is 1. The molecule has 8 heteroatoms. The van der Waals surface area contributed by atoms with E-state index in [0.29, 0.717) is 5.82 Å². The lowest BCUT2D eigenvalue weighted by molar-refractivity contribution is -0.142. The molecule has 0 N–H and O–H groups in total. The molecule has 0 unspecified atom stereocenters. The summed E-state index contributed by atoms with van der Waals surface area (Å²) in [5.41, 5.74) is 0.996. The van der Waals surface area contributed by atoms with E-state index in [1.54, 1.807) is 4.80 Å². The van der Waals surface area contributed by atoms with Crippen LogP contribution in [0.1, 0.15) is 32.1 Å². The molecule has 2 aliphatic heterocycles. The van der Waals surface area contributed by atoms with Gasteiger partial charge in [-0.3, -0.25) is 9.69 Å². The van der Waals surface area contributed by atoms with Crippen LogP contribution in [0.25, 0.3) is 11.4 Å². The lowest BCUT2D eigenvalue weighted by Gasteiger charge is -2.35. The first-order chi connectivity index (χ1) is 14.3. The van der Waals surface area contributed by atoms with Crippen molar-refractivity contribution in [3.8, 4) is 11.4 Å². The molecule has 4 rings (SSSR count). The predicted octanol–water partition coefficient (Wildman–Crippen LogP) is 1.83. The Morgan fingerprint density at radius 1 is 1.03 bits per heavy atom. The van der Waals surface area contributed by atoms with E-state index in [-0.39, 0.29) is 12.0 Å². The van der Waals surface area contributed by atoms with Crippen LogP contribution in [0, 0.1) is 0 Å². The van der Waals surface area contributed by atoms with Crippen LogP contribution in [-0.4, -0.2) is 81.3 Å². The van der Waals surface area contributed by atoms with E-state index in [2.05, 4.69) is 20.3 Å². The van der Waals surface area contributed by atoms with E-state index in [1.165, 1.54) is 0 Å². The van der Waals surface area contributed by atoms with Gasteiger partial charge >= 0.3 is 0 Å². The highest BCUT2D eigenvalue weighted by Gasteiger charge is 2.30. The summed E-state index contributed by atoms with van der Waals surface area (Å²) in [6, 6.07) is 9.93. The minimum atomic E-state index is -0.186. The topological polar surface area (TPSA) is 76.4 Å². The molecule has 2 fully saturated rings. The Labute approximate surface area is 171 Å². The number of nitrogens with zero attached hydrogens (tertiary/aromatic N) is 6. The summed E-state index contributed by atoms with van der Waals surface area (Å²) in [6.45, 7) is 6.18. The fourth-order valence-corrected chi connectivity index (χ4v) is 3.97. The molecular formula is C21H30N6O2. The monoisotopic (exact) mass is 398 g/mol. The molecule has 29 heavy (non-hydrogen) atoms. The van der Waals surface area contributed by atoms with E-state index in [4.69, 9.17) is 4.74 Å². The van der Waals surface area contributed by atoms with Crippen LogP contribution in [0.5, 0.6) is 0 Å². The van der Waals surface area contributed by atoms with Crippen molar-refractivity contribution >= 4 is 5.91 Å². The van der Waals surface area contributed by atoms with Crippen molar-refractivity contribution in [2.24, 2.45) is 0 Å². The summed E-state index contributed by atoms with van der Waals surface area (Å²) in [5.74, 6) is 0.873. The molecular weight excluding hydrogens is 368 g/mol. The van der Waals surface area contributed by atoms with Crippen molar-refractivity contribution in [1.82, 2.24) is 30.0 Å². The van der Waals surface area contributed by atoms with E-state index in [1.807, 2.05) is 35.2 Å². The van der Waals surface area contributed by atoms with Crippen LogP contribution in [0.4, 0.5) is 0 Å². The van der Waals surface area contributed by atoms with Gasteiger partial charge in [-0.15, -0.1) is 10.2 Å². The van der Waals surface area contributed by atoms with Crippen LogP contribution < -0.4 is 0 Å². The molecule has 2 saturated heterocycles. The van der Waals surface area contributed by atoms with E-state index < -0.39 is 0 Å². The smallest absolute Gasteiger partial charge is 0.251 e. The molecule has 0 aliphatic carbocycles. The molecule has 1 atom stereocenters. The molecule has 1 aromatic heterocycles. The average Bonchev–Trinajstić information content (AvgIpc) is 3.47. The molecule has 156 valence electrons. The molecule has 3 heterocycles. The normalized spacial score (nSPS) is 20.3. The van der Waals surface area contributed by atoms with Crippen LogP contribution in [-0.2, 0) is 16.1 Å². The lowest BCUT2D eigenvalue weighted by Crippen LogP contribution is -2.51. The van der Waals surface area contributed by atoms with Gasteiger partial charge < -0.3 is 9.64 Å². The fraction of sp³-hybridized carbons (Fsp3) is 0.619. The first-order valence-electron chi connectivity index (χ1n) is 10.8. The standard InChI is InChI=1S/C21H30N6O2/c28-21(19-10-7-17-29-19)26-15-13-25(14-16-26)11-5-2-6-12-27-23-20(22-24-27)18-8-3-1-4-9-18/h1,3-4,8-9,19H,2,5-7,10-17H2/t19-/m1/s1. The van der Waals surface area contributed by atoms with Gasteiger partial charge in [0.25, 0.3) is 5.91 Å². The number of aryl methyl sites for hydroxylation is 1. The van der Waals surface area contributed by atoms with Gasteiger partial charge in [0.05, 0.1) is 6.54 Å². The van der Waals surface area contributed by atoms with Gasteiger partial charge in [-0.2, -0.15) is 4.80 Å². The quantitative estimate of drug-likeness (QED) is 0.632. The third-order valence-electron chi connectivity index (χ3n) is 5.71. The number of hydrogen-bond acceptors (Lipinski definition) is 6. The second-order valence-corrected chi connectivity index (χ2v) is 7.80. The Balaban J connectivity index is 1.10. The number of carbonyl (C=O) groups is 1. The Bertz CT molecular complexity index is 766. The largest absolute Gasteiger partial charge is 0.368 e. The third-order valence-corrected chi connectivity index (χ3v) is 5.71. The number of amides is 1. The average molecular weight is 399 g/mol. The van der Waals surface area contributed by atoms with Crippen molar-refractivity contribution < 1.29 is 9.53 Å². The number of hydrogen-bond donors (Lipinski definition) is 0. The highest BCUT2D eigenvalue weighted by Crippen LogP contribution is 2.16. The zero-order valence-electron chi connectivity index (χ0n) is 16.9. The maximum atomic E-state index is 12.4. The molecule has 0 saturated carbocycles. The second kappa shape index (κ2) is 9.93. The number of ether oxygens (including phenoxy) is 1. The van der Waals surface area contributed by atoms with Crippen molar-refractivity contribution in [3.63, 3.8) is 0 Å². The molecule has 0 radical (unpaired) electrons. The SMILES string of the molecule is O=C([C@H]1CCCO1)N1CCN(CCCCCn2nnc(-c3ccccc3)n2)CC1. The Morgan fingerprint density at radius 3 is 2.59 bits per heavy atom. The summed E-state index contributed by atoms with van der Waals surface area (Å²) in [7, 11) is 0. The number of rotatable bonds is 8. The summed E-state index contributed by atoms with van der Waals surface area (Å²) >= 11 is 0. The first kappa shape index (κ1) is 20.0. The number of unbranched alkanes of at least 4 members (excludes halogenated alkanes) is 2. The van der Waals surface area contributed by atoms with E-state index in [0.717, 1.165) is 83.5 Å². The predicted molar refractivity (Wildman–Crippen MR) is 109 cm³/mol. The summed E-state index contributed by atoms with van der Waals surface area (Å²) in [5, 5.41) is 12.8. The van der Waals surface area contributed by atoms with Crippen LogP contribution in [0.3, 0.4) is 0 Å². The number of tetrazole rings is 1. The van der Waals surface area contributed by atoms with Gasteiger partial charge in [-0.1, -0.05) is 36.8 Å². The Morgan fingerprint density at radius 2 is 1.83 bits per heavy atom.